The Kier molecular flexibility index (Phi) is 2.38. The number of nitrogens with one attached hydrogen (secondary N) is 1. The molecule has 0 bridgehead atoms. The molecule has 2 aromatic heterocycles. The zero-order valence-electron chi connectivity index (χ0n) is 8.80. The molecule has 16 heavy (non-hydrogen) atoms. The second kappa shape index (κ2) is 4.02. The Morgan fingerprint density at radius 3 is 2.88 bits per heavy atom. The average Bonchev–Trinajstić information content (AvgIpc) is 3.01. The predicted molar refractivity (Wildman–Crippen MR) is 58.6 cm³/mol. The molecule has 1 radical (unpaired) electrons. The SMILES string of the molecule is c1cc(-c2n[nH]c(C3CCC[N]3)n2)ccn1. The molecule has 5 nitrogen and oxygen atoms in total. The molecule has 0 spiro atoms. The van der Waals surface area contributed by atoms with Gasteiger partial charge in [0.15, 0.2) is 5.82 Å². The number of nitrogens with zero attached hydrogens (tertiary/aromatic N) is 4. The molecule has 5 heteroatoms. The van der Waals surface area contributed by atoms with Gasteiger partial charge in [0.2, 0.25) is 0 Å². The van der Waals surface area contributed by atoms with Crippen LogP contribution in [0, 0.1) is 0 Å². The molecular formula is C11H12N5. The first kappa shape index (κ1) is 9.47. The minimum absolute atomic E-state index is 0.211. The Bertz CT molecular complexity index is 458. The maximum Gasteiger partial charge on any atom is 0.181 e. The standard InChI is InChI=1S/C11H12N5/c1-2-9(13-5-1)11-14-10(15-16-11)8-3-6-12-7-4-8/h3-4,6-7,9H,1-2,5H2,(H,14,15,16). The van der Waals surface area contributed by atoms with Crippen LogP contribution in [0.4, 0.5) is 0 Å². The monoisotopic (exact) mass is 214 g/mol. The van der Waals surface area contributed by atoms with Crippen LogP contribution < -0.4 is 5.32 Å². The molecular weight excluding hydrogens is 202 g/mol. The van der Waals surface area contributed by atoms with E-state index in [-0.39, 0.29) is 6.04 Å². The van der Waals surface area contributed by atoms with Crippen molar-refractivity contribution >= 4 is 0 Å². The van der Waals surface area contributed by atoms with Crippen LogP contribution in [0.25, 0.3) is 11.4 Å². The third kappa shape index (κ3) is 1.69. The molecule has 3 rings (SSSR count). The lowest BCUT2D eigenvalue weighted by Crippen LogP contribution is -2.06. The van der Waals surface area contributed by atoms with Crippen LogP contribution in [0.3, 0.4) is 0 Å². The van der Waals surface area contributed by atoms with Crippen LogP contribution in [0.1, 0.15) is 24.7 Å². The predicted octanol–water partition coefficient (Wildman–Crippen LogP) is 1.31. The molecule has 1 unspecified atom stereocenters. The van der Waals surface area contributed by atoms with Gasteiger partial charge in [-0.2, -0.15) is 5.10 Å². The van der Waals surface area contributed by atoms with Crippen molar-refractivity contribution in [3.8, 4) is 11.4 Å². The van der Waals surface area contributed by atoms with E-state index in [9.17, 15) is 0 Å². The zero-order valence-corrected chi connectivity index (χ0v) is 8.80. The minimum Gasteiger partial charge on any atom is -0.265 e. The summed E-state index contributed by atoms with van der Waals surface area (Å²) in [6.45, 7) is 0.940. The summed E-state index contributed by atoms with van der Waals surface area (Å²) in [4.78, 5) is 8.45. The Hall–Kier alpha value is -1.75. The lowest BCUT2D eigenvalue weighted by molar-refractivity contribution is 0.597. The van der Waals surface area contributed by atoms with Gasteiger partial charge in [0.1, 0.15) is 5.82 Å². The van der Waals surface area contributed by atoms with Gasteiger partial charge in [0.05, 0.1) is 6.04 Å². The topological polar surface area (TPSA) is 68.6 Å². The van der Waals surface area contributed by atoms with Crippen LogP contribution in [0.2, 0.25) is 0 Å². The van der Waals surface area contributed by atoms with E-state index in [1.54, 1.807) is 12.4 Å². The molecule has 0 aromatic carbocycles. The van der Waals surface area contributed by atoms with E-state index in [4.69, 9.17) is 0 Å². The Labute approximate surface area is 93.3 Å². The van der Waals surface area contributed by atoms with Crippen molar-refractivity contribution in [1.82, 2.24) is 25.5 Å². The third-order valence-electron chi connectivity index (χ3n) is 2.74. The van der Waals surface area contributed by atoms with Gasteiger partial charge in [-0.1, -0.05) is 0 Å². The van der Waals surface area contributed by atoms with E-state index in [0.717, 1.165) is 36.6 Å². The Morgan fingerprint density at radius 1 is 1.25 bits per heavy atom. The van der Waals surface area contributed by atoms with Gasteiger partial charge < -0.3 is 0 Å². The maximum atomic E-state index is 4.47. The molecule has 2 aromatic rings. The average molecular weight is 214 g/mol. The highest BCUT2D eigenvalue weighted by atomic mass is 15.2. The quantitative estimate of drug-likeness (QED) is 0.819. The molecule has 1 aliphatic rings. The molecule has 1 fully saturated rings. The van der Waals surface area contributed by atoms with Crippen LogP contribution in [0.5, 0.6) is 0 Å². The third-order valence-corrected chi connectivity index (χ3v) is 2.74. The van der Waals surface area contributed by atoms with E-state index in [1.165, 1.54) is 0 Å². The van der Waals surface area contributed by atoms with Crippen molar-refractivity contribution in [3.05, 3.63) is 30.4 Å². The van der Waals surface area contributed by atoms with E-state index in [0.29, 0.717) is 0 Å². The van der Waals surface area contributed by atoms with Crippen molar-refractivity contribution in [2.75, 3.05) is 6.54 Å². The second-order valence-electron chi connectivity index (χ2n) is 3.84. The summed E-state index contributed by atoms with van der Waals surface area (Å²) in [5.74, 6) is 1.60. The Morgan fingerprint density at radius 2 is 2.12 bits per heavy atom. The zero-order chi connectivity index (χ0) is 10.8. The molecule has 1 atom stereocenters. The Balaban J connectivity index is 1.87. The maximum absolute atomic E-state index is 4.47. The van der Waals surface area contributed by atoms with Gasteiger partial charge in [-0.25, -0.2) is 10.3 Å². The molecule has 0 saturated carbocycles. The van der Waals surface area contributed by atoms with Crippen LogP contribution >= 0.6 is 0 Å². The van der Waals surface area contributed by atoms with Gasteiger partial charge in [-0.3, -0.25) is 10.1 Å². The van der Waals surface area contributed by atoms with Crippen molar-refractivity contribution in [1.29, 1.82) is 0 Å². The highest BCUT2D eigenvalue weighted by Crippen LogP contribution is 2.23. The summed E-state index contributed by atoms with van der Waals surface area (Å²) < 4.78 is 0. The first-order chi connectivity index (χ1) is 7.93. The van der Waals surface area contributed by atoms with Gasteiger partial charge in [-0.15, -0.1) is 0 Å². The minimum atomic E-state index is 0.211. The van der Waals surface area contributed by atoms with E-state index in [1.807, 2.05) is 12.1 Å². The van der Waals surface area contributed by atoms with Crippen molar-refractivity contribution < 1.29 is 0 Å². The second-order valence-corrected chi connectivity index (χ2v) is 3.84. The number of hydrogen-bond acceptors (Lipinski definition) is 3. The molecule has 0 aliphatic carbocycles. The van der Waals surface area contributed by atoms with Crippen molar-refractivity contribution in [2.24, 2.45) is 0 Å². The summed E-state index contributed by atoms with van der Waals surface area (Å²) in [6.07, 6.45) is 5.71. The molecule has 81 valence electrons. The summed E-state index contributed by atoms with van der Waals surface area (Å²) in [6, 6.07) is 4.01. The summed E-state index contributed by atoms with van der Waals surface area (Å²) in [7, 11) is 0. The van der Waals surface area contributed by atoms with E-state index < -0.39 is 0 Å². The van der Waals surface area contributed by atoms with Crippen molar-refractivity contribution in [3.63, 3.8) is 0 Å². The largest absolute Gasteiger partial charge is 0.265 e. The van der Waals surface area contributed by atoms with Crippen molar-refractivity contribution in [2.45, 2.75) is 18.9 Å². The molecule has 1 saturated heterocycles. The van der Waals surface area contributed by atoms with Gasteiger partial charge in [0, 0.05) is 24.5 Å². The fourth-order valence-electron chi connectivity index (χ4n) is 1.90. The molecule has 1 aliphatic heterocycles. The summed E-state index contributed by atoms with van der Waals surface area (Å²) in [5.41, 5.74) is 0.982. The number of pyridine rings is 1. The summed E-state index contributed by atoms with van der Waals surface area (Å²) in [5, 5.41) is 11.6. The molecule has 1 N–H and O–H groups in total. The number of aromatic amines is 1. The van der Waals surface area contributed by atoms with E-state index >= 15 is 0 Å². The summed E-state index contributed by atoms with van der Waals surface area (Å²) >= 11 is 0. The smallest absolute Gasteiger partial charge is 0.181 e. The van der Waals surface area contributed by atoms with E-state index in [2.05, 4.69) is 25.5 Å². The number of hydrogen-bond donors (Lipinski definition) is 1. The fraction of sp³-hybridized carbons (Fsp3) is 0.364. The highest BCUT2D eigenvalue weighted by molar-refractivity contribution is 5.52. The molecule has 3 heterocycles. The number of rotatable bonds is 2. The number of H-pyrrole nitrogens is 1. The highest BCUT2D eigenvalue weighted by Gasteiger charge is 2.21. The number of aromatic nitrogens is 4. The first-order valence-electron chi connectivity index (χ1n) is 5.43. The van der Waals surface area contributed by atoms with Gasteiger partial charge in [-0.05, 0) is 25.0 Å². The van der Waals surface area contributed by atoms with Crippen LogP contribution in [-0.2, 0) is 0 Å². The normalized spacial score (nSPS) is 20.1. The van der Waals surface area contributed by atoms with Crippen LogP contribution in [-0.4, -0.2) is 26.7 Å². The molecule has 0 amide bonds. The fourth-order valence-corrected chi connectivity index (χ4v) is 1.90. The van der Waals surface area contributed by atoms with Crippen LogP contribution in [0.15, 0.2) is 24.5 Å². The lowest BCUT2D eigenvalue weighted by atomic mass is 10.2. The lowest BCUT2D eigenvalue weighted by Gasteiger charge is -2.01. The van der Waals surface area contributed by atoms with Gasteiger partial charge in [0.25, 0.3) is 0 Å². The first-order valence-corrected chi connectivity index (χ1v) is 5.43. The van der Waals surface area contributed by atoms with Gasteiger partial charge >= 0.3 is 0 Å².